The van der Waals surface area contributed by atoms with Crippen LogP contribution in [0.2, 0.25) is 0 Å². The van der Waals surface area contributed by atoms with Crippen molar-refractivity contribution in [2.75, 3.05) is 0 Å². The maximum atomic E-state index is 11.3. The van der Waals surface area contributed by atoms with Crippen molar-refractivity contribution in [3.05, 3.63) is 41.1 Å². The summed E-state index contributed by atoms with van der Waals surface area (Å²) in [7, 11) is 0. The Labute approximate surface area is 92.7 Å². The topological polar surface area (TPSA) is 91.2 Å². The largest absolute Gasteiger partial charge is 0.597 e. The van der Waals surface area contributed by atoms with Crippen molar-refractivity contribution in [1.82, 2.24) is 0 Å². The summed E-state index contributed by atoms with van der Waals surface area (Å²) in [5, 5.41) is 34.4. The van der Waals surface area contributed by atoms with Crippen LogP contribution < -0.4 is 0 Å². The second-order valence-corrected chi connectivity index (χ2v) is 3.74. The zero-order valence-electron chi connectivity index (χ0n) is 9.03. The van der Waals surface area contributed by atoms with Gasteiger partial charge in [-0.05, 0) is 4.86 Å². The molecule has 16 heavy (non-hydrogen) atoms. The van der Waals surface area contributed by atoms with Gasteiger partial charge in [0.15, 0.2) is 11.0 Å². The fourth-order valence-corrected chi connectivity index (χ4v) is 1.33. The fraction of sp³-hybridized carbons (Fsp3) is 0.300. The molecule has 2 N–H and O–H groups in total. The van der Waals surface area contributed by atoms with Gasteiger partial charge in [0.2, 0.25) is 5.54 Å². The molecule has 0 aromatic heterocycles. The zero-order chi connectivity index (χ0) is 12.2. The van der Waals surface area contributed by atoms with Crippen LogP contribution in [0, 0.1) is 5.21 Å². The molecule has 86 valence electrons. The summed E-state index contributed by atoms with van der Waals surface area (Å²) in [5.74, 6) is 0. The minimum Gasteiger partial charge on any atom is -0.597 e. The zero-order valence-corrected chi connectivity index (χ0v) is 9.03. The van der Waals surface area contributed by atoms with Gasteiger partial charge < -0.3 is 15.6 Å². The molecule has 0 aliphatic carbocycles. The first kappa shape index (κ1) is 12.0. The minimum absolute atomic E-state index is 0.0784. The van der Waals surface area contributed by atoms with Gasteiger partial charge in [-0.25, -0.2) is 0 Å². The number of rotatable bonds is 3. The Balaban J connectivity index is 3.20. The Morgan fingerprint density at radius 1 is 1.25 bits per heavy atom. The Morgan fingerprint density at radius 3 is 2.25 bits per heavy atom. The average molecular weight is 223 g/mol. The molecule has 1 rings (SSSR count). The number of oxime groups is 1. The van der Waals surface area contributed by atoms with E-state index in [0.29, 0.717) is 5.56 Å². The van der Waals surface area contributed by atoms with E-state index in [4.69, 9.17) is 10.4 Å². The molecular weight excluding hydrogens is 210 g/mol. The third kappa shape index (κ3) is 2.10. The van der Waals surface area contributed by atoms with E-state index in [-0.39, 0.29) is 10.6 Å². The molecule has 0 aliphatic heterocycles. The van der Waals surface area contributed by atoms with Crippen LogP contribution in [0.1, 0.15) is 19.4 Å². The third-order valence-corrected chi connectivity index (χ3v) is 2.29. The molecule has 0 amide bonds. The number of hydrogen-bond donors (Lipinski definition) is 2. The molecule has 0 unspecified atom stereocenters. The van der Waals surface area contributed by atoms with E-state index in [9.17, 15) is 5.21 Å². The van der Waals surface area contributed by atoms with Gasteiger partial charge in [-0.3, -0.25) is 0 Å². The van der Waals surface area contributed by atoms with Crippen molar-refractivity contribution in [2.24, 2.45) is 10.4 Å². The lowest BCUT2D eigenvalue weighted by Gasteiger charge is -2.20. The predicted molar refractivity (Wildman–Crippen MR) is 56.7 cm³/mol. The summed E-state index contributed by atoms with van der Waals surface area (Å²) in [6, 6.07) is 8.70. The smallest absolute Gasteiger partial charge is 0.242 e. The fourth-order valence-electron chi connectivity index (χ4n) is 1.33. The van der Waals surface area contributed by atoms with Gasteiger partial charge in [-0.2, -0.15) is 0 Å². The van der Waals surface area contributed by atoms with Crippen molar-refractivity contribution < 1.29 is 15.3 Å². The summed E-state index contributed by atoms with van der Waals surface area (Å²) in [6.07, 6.45) is 0. The van der Waals surface area contributed by atoms with Gasteiger partial charge in [0.05, 0.1) is 0 Å². The molecule has 0 saturated heterocycles. The SMILES string of the molecule is CC(C)(/C(=N/O)c1ccccc1)[N+]([O-])=NO. The highest BCUT2D eigenvalue weighted by Crippen LogP contribution is 2.17. The molecule has 6 heteroatoms. The van der Waals surface area contributed by atoms with Crippen LogP contribution in [0.15, 0.2) is 40.8 Å². The molecule has 0 radical (unpaired) electrons. The second-order valence-electron chi connectivity index (χ2n) is 3.74. The first-order chi connectivity index (χ1) is 7.54. The summed E-state index contributed by atoms with van der Waals surface area (Å²) >= 11 is 0. The summed E-state index contributed by atoms with van der Waals surface area (Å²) in [5.41, 5.74) is -0.550. The monoisotopic (exact) mass is 223 g/mol. The van der Waals surface area contributed by atoms with Crippen LogP contribution in [0.4, 0.5) is 0 Å². The van der Waals surface area contributed by atoms with Gasteiger partial charge in [0.1, 0.15) is 0 Å². The van der Waals surface area contributed by atoms with Crippen molar-refractivity contribution >= 4 is 5.71 Å². The normalized spacial score (nSPS) is 13.9. The maximum absolute atomic E-state index is 11.3. The third-order valence-electron chi connectivity index (χ3n) is 2.29. The highest BCUT2D eigenvalue weighted by molar-refractivity contribution is 6.05. The van der Waals surface area contributed by atoms with Crippen LogP contribution in [0.3, 0.4) is 0 Å². The van der Waals surface area contributed by atoms with E-state index in [1.54, 1.807) is 30.3 Å². The number of hydrogen-bond acceptors (Lipinski definition) is 4. The van der Waals surface area contributed by atoms with E-state index < -0.39 is 5.54 Å². The number of benzene rings is 1. The predicted octanol–water partition coefficient (Wildman–Crippen LogP) is 2.00. The quantitative estimate of drug-likeness (QED) is 0.270. The first-order valence-electron chi connectivity index (χ1n) is 4.64. The highest BCUT2D eigenvalue weighted by Gasteiger charge is 2.37. The second kappa shape index (κ2) is 4.61. The van der Waals surface area contributed by atoms with Crippen LogP contribution in [-0.2, 0) is 0 Å². The van der Waals surface area contributed by atoms with E-state index >= 15 is 0 Å². The summed E-state index contributed by atoms with van der Waals surface area (Å²) in [4.78, 5) is 0.0784. The van der Waals surface area contributed by atoms with E-state index in [1.165, 1.54) is 13.8 Å². The lowest BCUT2D eigenvalue weighted by molar-refractivity contribution is -0.605. The first-order valence-corrected chi connectivity index (χ1v) is 4.64. The number of nitrogens with zero attached hydrogens (tertiary/aromatic N) is 3. The van der Waals surface area contributed by atoms with Gasteiger partial charge in [-0.15, -0.1) is 0 Å². The van der Waals surface area contributed by atoms with Crippen LogP contribution in [0.25, 0.3) is 0 Å². The summed E-state index contributed by atoms with van der Waals surface area (Å²) < 4.78 is 0. The van der Waals surface area contributed by atoms with E-state index in [2.05, 4.69) is 10.4 Å². The lowest BCUT2D eigenvalue weighted by atomic mass is 9.93. The van der Waals surface area contributed by atoms with Crippen molar-refractivity contribution in [3.8, 4) is 0 Å². The molecule has 0 spiro atoms. The molecular formula is C10H13N3O3. The lowest BCUT2D eigenvalue weighted by Crippen LogP contribution is -2.41. The molecule has 0 saturated carbocycles. The maximum Gasteiger partial charge on any atom is 0.242 e. The summed E-state index contributed by atoms with van der Waals surface area (Å²) in [6.45, 7) is 2.98. The van der Waals surface area contributed by atoms with Gasteiger partial charge in [-0.1, -0.05) is 35.5 Å². The van der Waals surface area contributed by atoms with Crippen LogP contribution >= 0.6 is 0 Å². The van der Waals surface area contributed by atoms with E-state index in [1.807, 2.05) is 0 Å². The minimum atomic E-state index is -1.26. The molecule has 0 bridgehead atoms. The number of hydroxylamine groups is 1. The van der Waals surface area contributed by atoms with E-state index in [0.717, 1.165) is 0 Å². The molecule has 0 heterocycles. The van der Waals surface area contributed by atoms with Crippen molar-refractivity contribution in [1.29, 1.82) is 0 Å². The molecule has 6 nitrogen and oxygen atoms in total. The Kier molecular flexibility index (Phi) is 3.44. The van der Waals surface area contributed by atoms with Crippen molar-refractivity contribution in [3.63, 3.8) is 0 Å². The molecule has 0 aliphatic rings. The van der Waals surface area contributed by atoms with Crippen LogP contribution in [0.5, 0.6) is 0 Å². The standard InChI is InChI=1S/C10H13N3O3/c1-10(2,13(16)12-15)9(11-14)8-6-4-3-5-7-8/h3-7,14-15H,1-2H3/b11-9+,13-12?. The Morgan fingerprint density at radius 2 is 1.81 bits per heavy atom. The van der Waals surface area contributed by atoms with Crippen molar-refractivity contribution in [2.45, 2.75) is 19.4 Å². The van der Waals surface area contributed by atoms with Gasteiger partial charge in [0.25, 0.3) is 0 Å². The van der Waals surface area contributed by atoms with Gasteiger partial charge >= 0.3 is 0 Å². The van der Waals surface area contributed by atoms with Gasteiger partial charge in [0, 0.05) is 19.4 Å². The molecule has 1 aromatic rings. The average Bonchev–Trinajstić information content (AvgIpc) is 2.30. The molecule has 0 fully saturated rings. The Bertz CT molecular complexity index is 413. The molecule has 0 atom stereocenters. The van der Waals surface area contributed by atoms with Crippen LogP contribution in [-0.4, -0.2) is 26.5 Å². The Hall–Kier alpha value is -2.11. The molecule has 1 aromatic carbocycles. The highest BCUT2D eigenvalue weighted by atomic mass is 16.6.